The van der Waals surface area contributed by atoms with Crippen LogP contribution in [0.4, 0.5) is 0 Å². The highest BCUT2D eigenvalue weighted by Crippen LogP contribution is 2.27. The fraction of sp³-hybridized carbons (Fsp3) is 0.0385. The summed E-state index contributed by atoms with van der Waals surface area (Å²) in [7, 11) is -3.83. The lowest BCUT2D eigenvalue weighted by molar-refractivity contribution is -0.119. The molecule has 4 aromatic rings. The van der Waals surface area contributed by atoms with Gasteiger partial charge in [-0.15, -0.1) is 0 Å². The third kappa shape index (κ3) is 5.97. The maximum absolute atomic E-state index is 12.6. The second-order valence-corrected chi connectivity index (χ2v) is 9.15. The first-order chi connectivity index (χ1) is 16.9. The molecule has 0 bridgehead atoms. The molecule has 4 aromatic carbocycles. The normalized spacial score (nSPS) is 11.4. The average Bonchev–Trinajstić information content (AvgIpc) is 2.89. The molecule has 0 aliphatic rings. The molecule has 0 radical (unpaired) electrons. The molecule has 0 heterocycles. The van der Waals surface area contributed by atoms with Crippen LogP contribution in [-0.2, 0) is 14.8 Å². The highest BCUT2D eigenvalue weighted by molar-refractivity contribution is 7.89. The van der Waals surface area contributed by atoms with Crippen LogP contribution in [0, 0.1) is 0 Å². The van der Waals surface area contributed by atoms with Crippen LogP contribution in [0.5, 0.6) is 5.75 Å². The van der Waals surface area contributed by atoms with Gasteiger partial charge in [0.25, 0.3) is 5.91 Å². The summed E-state index contributed by atoms with van der Waals surface area (Å²) in [6.45, 7) is -0.500. The Kier molecular flexibility index (Phi) is 7.30. The molecule has 0 aliphatic carbocycles. The first-order valence-corrected chi connectivity index (χ1v) is 12.1. The lowest BCUT2D eigenvalue weighted by Gasteiger charge is -2.10. The highest BCUT2D eigenvalue weighted by atomic mass is 32.2. The van der Waals surface area contributed by atoms with Crippen LogP contribution in [0.2, 0.25) is 0 Å². The van der Waals surface area contributed by atoms with Crippen molar-refractivity contribution in [2.45, 2.75) is 4.90 Å². The summed E-state index contributed by atoms with van der Waals surface area (Å²) in [5.41, 5.74) is 3.17. The number of hydrogen-bond donors (Lipinski definition) is 2. The molecule has 0 aliphatic heterocycles. The molecule has 9 heteroatoms. The molecule has 0 aromatic heterocycles. The van der Waals surface area contributed by atoms with E-state index in [1.165, 1.54) is 18.3 Å². The summed E-state index contributed by atoms with van der Waals surface area (Å²) >= 11 is 0. The summed E-state index contributed by atoms with van der Waals surface area (Å²) < 4.78 is 32.4. The zero-order valence-corrected chi connectivity index (χ0v) is 19.2. The Labute approximate surface area is 202 Å². The second-order valence-electron chi connectivity index (χ2n) is 7.38. The van der Waals surface area contributed by atoms with E-state index in [-0.39, 0.29) is 10.6 Å². The molecule has 0 saturated heterocycles. The number of esters is 1. The minimum Gasteiger partial charge on any atom is -0.422 e. The van der Waals surface area contributed by atoms with Crippen molar-refractivity contribution in [2.75, 3.05) is 6.54 Å². The van der Waals surface area contributed by atoms with E-state index in [9.17, 15) is 18.0 Å². The van der Waals surface area contributed by atoms with Gasteiger partial charge in [0.2, 0.25) is 10.0 Å². The fourth-order valence-electron chi connectivity index (χ4n) is 3.28. The monoisotopic (exact) mass is 487 g/mol. The number of nitrogens with one attached hydrogen (secondary N) is 2. The number of carbonyl (C=O) groups is 2. The molecule has 2 N–H and O–H groups in total. The van der Waals surface area contributed by atoms with E-state index in [1.54, 1.807) is 54.6 Å². The Morgan fingerprint density at radius 2 is 1.49 bits per heavy atom. The Morgan fingerprint density at radius 1 is 0.829 bits per heavy atom. The van der Waals surface area contributed by atoms with Crippen molar-refractivity contribution in [1.29, 1.82) is 0 Å². The molecule has 4 rings (SSSR count). The predicted molar refractivity (Wildman–Crippen MR) is 133 cm³/mol. The Balaban J connectivity index is 1.49. The first-order valence-electron chi connectivity index (χ1n) is 10.6. The number of rotatable bonds is 8. The standard InChI is InChI=1S/C26H21N3O5S/c30-25(18-28-35(32,33)21-12-5-2-6-13-21)29-27-17-23-22-14-8-7-9-19(22)15-16-24(23)34-26(31)20-10-3-1-4-11-20/h1-17,28H,18H2,(H,29,30)/b27-17-. The topological polar surface area (TPSA) is 114 Å². The molecule has 0 unspecified atom stereocenters. The van der Waals surface area contributed by atoms with Crippen molar-refractivity contribution < 1.29 is 22.7 Å². The minimum atomic E-state index is -3.83. The summed E-state index contributed by atoms with van der Waals surface area (Å²) in [6.07, 6.45) is 1.36. The summed E-state index contributed by atoms with van der Waals surface area (Å²) in [4.78, 5) is 24.8. The van der Waals surface area contributed by atoms with Gasteiger partial charge in [0, 0.05) is 5.56 Å². The maximum atomic E-state index is 12.6. The van der Waals surface area contributed by atoms with E-state index >= 15 is 0 Å². The lowest BCUT2D eigenvalue weighted by Crippen LogP contribution is -2.34. The smallest absolute Gasteiger partial charge is 0.343 e. The number of hydrazone groups is 1. The van der Waals surface area contributed by atoms with Crippen LogP contribution in [0.25, 0.3) is 10.8 Å². The first kappa shape index (κ1) is 23.8. The molecule has 0 spiro atoms. The van der Waals surface area contributed by atoms with Crippen molar-refractivity contribution in [2.24, 2.45) is 5.10 Å². The van der Waals surface area contributed by atoms with Gasteiger partial charge < -0.3 is 4.74 Å². The molecule has 1 amide bonds. The van der Waals surface area contributed by atoms with E-state index in [2.05, 4.69) is 15.2 Å². The molecule has 8 nitrogen and oxygen atoms in total. The van der Waals surface area contributed by atoms with Gasteiger partial charge in [-0.25, -0.2) is 23.4 Å². The van der Waals surface area contributed by atoms with Gasteiger partial charge in [0.15, 0.2) is 0 Å². The summed E-state index contributed by atoms with van der Waals surface area (Å²) in [5.74, 6) is -0.931. The SMILES string of the molecule is O=C(CNS(=O)(=O)c1ccccc1)N/N=C\c1c(OC(=O)c2ccccc2)ccc2ccccc12. The molecular weight excluding hydrogens is 466 g/mol. The number of benzene rings is 4. The van der Waals surface area contributed by atoms with Gasteiger partial charge in [-0.1, -0.05) is 66.7 Å². The number of hydrogen-bond acceptors (Lipinski definition) is 6. The van der Waals surface area contributed by atoms with E-state index in [4.69, 9.17) is 4.74 Å². The Morgan fingerprint density at radius 3 is 2.23 bits per heavy atom. The zero-order valence-electron chi connectivity index (χ0n) is 18.4. The quantitative estimate of drug-likeness (QED) is 0.171. The summed E-state index contributed by atoms with van der Waals surface area (Å²) in [6, 6.07) is 27.2. The number of nitrogens with zero attached hydrogens (tertiary/aromatic N) is 1. The Bertz CT molecular complexity index is 1490. The molecular formula is C26H21N3O5S. The lowest BCUT2D eigenvalue weighted by atomic mass is 10.0. The zero-order chi connectivity index (χ0) is 24.7. The third-order valence-corrected chi connectivity index (χ3v) is 6.42. The van der Waals surface area contributed by atoms with Crippen LogP contribution in [0.15, 0.2) is 107 Å². The van der Waals surface area contributed by atoms with Crippen molar-refractivity contribution in [3.8, 4) is 5.75 Å². The number of fused-ring (bicyclic) bond motifs is 1. The minimum absolute atomic E-state index is 0.0527. The van der Waals surface area contributed by atoms with E-state index in [1.807, 2.05) is 30.3 Å². The predicted octanol–water partition coefficient (Wildman–Crippen LogP) is 3.49. The van der Waals surface area contributed by atoms with Gasteiger partial charge in [-0.05, 0) is 41.1 Å². The highest BCUT2D eigenvalue weighted by Gasteiger charge is 2.15. The van der Waals surface area contributed by atoms with Crippen molar-refractivity contribution in [3.63, 3.8) is 0 Å². The van der Waals surface area contributed by atoms with Crippen LogP contribution >= 0.6 is 0 Å². The van der Waals surface area contributed by atoms with Gasteiger partial charge in [-0.3, -0.25) is 4.79 Å². The van der Waals surface area contributed by atoms with E-state index in [0.717, 1.165) is 10.8 Å². The van der Waals surface area contributed by atoms with Crippen LogP contribution in [0.1, 0.15) is 15.9 Å². The number of ether oxygens (including phenoxy) is 1. The van der Waals surface area contributed by atoms with Gasteiger partial charge >= 0.3 is 5.97 Å². The molecule has 35 heavy (non-hydrogen) atoms. The molecule has 0 fully saturated rings. The van der Waals surface area contributed by atoms with Gasteiger partial charge in [0.05, 0.1) is 23.2 Å². The van der Waals surface area contributed by atoms with Crippen molar-refractivity contribution in [1.82, 2.24) is 10.1 Å². The van der Waals surface area contributed by atoms with E-state index in [0.29, 0.717) is 11.1 Å². The van der Waals surface area contributed by atoms with Crippen LogP contribution < -0.4 is 14.9 Å². The van der Waals surface area contributed by atoms with Gasteiger partial charge in [-0.2, -0.15) is 5.10 Å². The van der Waals surface area contributed by atoms with Crippen LogP contribution in [0.3, 0.4) is 0 Å². The summed E-state index contributed by atoms with van der Waals surface area (Å²) in [5, 5.41) is 5.60. The Hall–Kier alpha value is -4.34. The van der Waals surface area contributed by atoms with E-state index < -0.39 is 28.4 Å². The van der Waals surface area contributed by atoms with Crippen LogP contribution in [-0.4, -0.2) is 33.1 Å². The van der Waals surface area contributed by atoms with Crippen molar-refractivity contribution >= 4 is 38.9 Å². The third-order valence-electron chi connectivity index (χ3n) is 5.00. The van der Waals surface area contributed by atoms with Crippen molar-refractivity contribution in [3.05, 3.63) is 108 Å². The molecule has 0 saturated carbocycles. The number of amides is 1. The molecule has 0 atom stereocenters. The second kappa shape index (κ2) is 10.7. The van der Waals surface area contributed by atoms with Gasteiger partial charge in [0.1, 0.15) is 5.75 Å². The largest absolute Gasteiger partial charge is 0.422 e. The number of carbonyl (C=O) groups excluding carboxylic acids is 2. The molecule has 176 valence electrons. The fourth-order valence-corrected chi connectivity index (χ4v) is 4.29. The average molecular weight is 488 g/mol. The maximum Gasteiger partial charge on any atom is 0.343 e. The number of sulfonamides is 1.